The molecule has 152 valence electrons. The number of nitrogens with zero attached hydrogens (tertiary/aromatic N) is 3. The Hall–Kier alpha value is -2.83. The monoisotopic (exact) mass is 394 g/mol. The third-order valence-corrected chi connectivity index (χ3v) is 6.62. The van der Waals surface area contributed by atoms with Gasteiger partial charge in [-0.2, -0.15) is 10.2 Å². The standard InChI is InChI=1S/C22H27N5O2/c1-13-22-19(25-26(13)3)7-15(17-11-24-27(12-17)18-5-4-6-18)8-20(22)29-14(2)16-9-21(28)23-10-16/h7-8,11-12,14,16,18H,4-6,9-10H2,1-3H3,(H,23,28)/p+1/t14-,16-/m1/s1. The SMILES string of the molecule is Cc1c2c(O[C@H](C)[C@H]3CNC(=O)C3)cc(-c3cnn(C4CCC4)c3)cc2[nH][n+]1C. The van der Waals surface area contributed by atoms with Gasteiger partial charge in [0.15, 0.2) is 7.05 Å². The van der Waals surface area contributed by atoms with Crippen molar-refractivity contribution in [3.63, 3.8) is 0 Å². The number of H-pyrrole nitrogens is 1. The van der Waals surface area contributed by atoms with Crippen LogP contribution in [0.25, 0.3) is 22.0 Å². The molecule has 0 unspecified atom stereocenters. The van der Waals surface area contributed by atoms with Crippen molar-refractivity contribution in [2.45, 2.75) is 51.7 Å². The average molecular weight is 394 g/mol. The summed E-state index contributed by atoms with van der Waals surface area (Å²) in [5.41, 5.74) is 4.36. The Morgan fingerprint density at radius 2 is 2.14 bits per heavy atom. The molecule has 2 N–H and O–H groups in total. The van der Waals surface area contributed by atoms with Gasteiger partial charge in [-0.1, -0.05) is 0 Å². The summed E-state index contributed by atoms with van der Waals surface area (Å²) in [7, 11) is 2.01. The van der Waals surface area contributed by atoms with E-state index in [0.717, 1.165) is 33.5 Å². The number of benzene rings is 1. The third-order valence-electron chi connectivity index (χ3n) is 6.62. The summed E-state index contributed by atoms with van der Waals surface area (Å²) in [6, 6.07) is 4.83. The van der Waals surface area contributed by atoms with E-state index in [-0.39, 0.29) is 17.9 Å². The van der Waals surface area contributed by atoms with Crippen molar-refractivity contribution >= 4 is 16.8 Å². The fourth-order valence-electron chi connectivity index (χ4n) is 4.36. The first-order valence-corrected chi connectivity index (χ1v) is 10.5. The summed E-state index contributed by atoms with van der Waals surface area (Å²) >= 11 is 0. The Bertz CT molecular complexity index is 1080. The number of aromatic nitrogens is 4. The molecule has 2 aliphatic rings. The molecule has 29 heavy (non-hydrogen) atoms. The second kappa shape index (κ2) is 6.90. The van der Waals surface area contributed by atoms with E-state index in [1.54, 1.807) is 0 Å². The number of aryl methyl sites for hydroxylation is 2. The van der Waals surface area contributed by atoms with Crippen molar-refractivity contribution < 1.29 is 14.2 Å². The van der Waals surface area contributed by atoms with Crippen LogP contribution >= 0.6 is 0 Å². The molecule has 7 heteroatoms. The molecule has 0 bridgehead atoms. The zero-order valence-electron chi connectivity index (χ0n) is 17.2. The Morgan fingerprint density at radius 1 is 1.31 bits per heavy atom. The van der Waals surface area contributed by atoms with Gasteiger partial charge in [0.1, 0.15) is 22.8 Å². The molecule has 2 aromatic heterocycles. The van der Waals surface area contributed by atoms with Crippen LogP contribution < -0.4 is 14.7 Å². The fraction of sp³-hybridized carbons (Fsp3) is 0.500. The van der Waals surface area contributed by atoms with Gasteiger partial charge in [0, 0.05) is 37.6 Å². The topological polar surface area (TPSA) is 75.8 Å². The van der Waals surface area contributed by atoms with E-state index in [0.29, 0.717) is 19.0 Å². The number of carbonyl (C=O) groups excluding carboxylic acids is 1. The van der Waals surface area contributed by atoms with Crippen LogP contribution in [0.3, 0.4) is 0 Å². The maximum atomic E-state index is 11.6. The number of hydrogen-bond donors (Lipinski definition) is 2. The van der Waals surface area contributed by atoms with Crippen molar-refractivity contribution in [2.24, 2.45) is 13.0 Å². The van der Waals surface area contributed by atoms with Gasteiger partial charge in [0.25, 0.3) is 0 Å². The predicted molar refractivity (Wildman–Crippen MR) is 110 cm³/mol. The number of fused-ring (bicyclic) bond motifs is 1. The smallest absolute Gasteiger partial charge is 0.220 e. The lowest BCUT2D eigenvalue weighted by molar-refractivity contribution is -0.730. The number of rotatable bonds is 5. The lowest BCUT2D eigenvalue weighted by Crippen LogP contribution is -2.32. The minimum Gasteiger partial charge on any atom is -0.489 e. The summed E-state index contributed by atoms with van der Waals surface area (Å²) in [5.74, 6) is 1.16. The molecule has 1 aliphatic carbocycles. The van der Waals surface area contributed by atoms with Crippen molar-refractivity contribution in [2.75, 3.05) is 6.54 Å². The highest BCUT2D eigenvalue weighted by molar-refractivity contribution is 5.91. The molecule has 1 saturated heterocycles. The molecule has 1 amide bonds. The first kappa shape index (κ1) is 18.2. The van der Waals surface area contributed by atoms with Gasteiger partial charge in [-0.05, 0) is 43.9 Å². The van der Waals surface area contributed by atoms with Gasteiger partial charge < -0.3 is 10.1 Å². The number of amides is 1. The molecule has 1 aromatic carbocycles. The largest absolute Gasteiger partial charge is 0.489 e. The van der Waals surface area contributed by atoms with E-state index >= 15 is 0 Å². The number of hydrogen-bond acceptors (Lipinski definition) is 3. The Balaban J connectivity index is 1.52. The Labute approximate surface area is 170 Å². The highest BCUT2D eigenvalue weighted by Gasteiger charge is 2.29. The highest BCUT2D eigenvalue weighted by Crippen LogP contribution is 2.36. The van der Waals surface area contributed by atoms with E-state index in [4.69, 9.17) is 4.74 Å². The molecule has 5 rings (SSSR count). The molecule has 2 atom stereocenters. The summed E-state index contributed by atoms with van der Waals surface area (Å²) in [5, 5.41) is 12.0. The van der Waals surface area contributed by atoms with Gasteiger partial charge >= 0.3 is 0 Å². The van der Waals surface area contributed by atoms with Gasteiger partial charge in [-0.15, -0.1) is 4.68 Å². The molecule has 3 heterocycles. The van der Waals surface area contributed by atoms with Gasteiger partial charge in [0.05, 0.1) is 12.2 Å². The maximum Gasteiger partial charge on any atom is 0.220 e. The van der Waals surface area contributed by atoms with Crippen LogP contribution in [0.15, 0.2) is 24.5 Å². The quantitative estimate of drug-likeness (QED) is 0.654. The second-order valence-electron chi connectivity index (χ2n) is 8.54. The number of nitrogens with one attached hydrogen (secondary N) is 2. The number of carbonyl (C=O) groups is 1. The lowest BCUT2D eigenvalue weighted by Gasteiger charge is -2.25. The summed E-state index contributed by atoms with van der Waals surface area (Å²) in [6.07, 6.45) is 8.29. The van der Waals surface area contributed by atoms with E-state index in [9.17, 15) is 4.79 Å². The average Bonchev–Trinajstić information content (AvgIpc) is 3.34. The number of aromatic amines is 1. The molecular weight excluding hydrogens is 366 g/mol. The first-order chi connectivity index (χ1) is 14.0. The summed E-state index contributed by atoms with van der Waals surface area (Å²) < 4.78 is 10.6. The first-order valence-electron chi connectivity index (χ1n) is 10.5. The fourth-order valence-corrected chi connectivity index (χ4v) is 4.36. The highest BCUT2D eigenvalue weighted by atomic mass is 16.5. The maximum absolute atomic E-state index is 11.6. The molecule has 1 saturated carbocycles. The van der Waals surface area contributed by atoms with Crippen molar-refractivity contribution in [3.05, 3.63) is 30.2 Å². The molecule has 0 spiro atoms. The van der Waals surface area contributed by atoms with Gasteiger partial charge in [0.2, 0.25) is 11.6 Å². The van der Waals surface area contributed by atoms with Crippen LogP contribution in [-0.4, -0.2) is 33.4 Å². The Morgan fingerprint density at radius 3 is 2.83 bits per heavy atom. The minimum absolute atomic E-state index is 0.0512. The molecule has 0 radical (unpaired) electrons. The lowest BCUT2D eigenvalue weighted by atomic mass is 9.93. The van der Waals surface area contributed by atoms with Crippen molar-refractivity contribution in [1.82, 2.24) is 20.2 Å². The predicted octanol–water partition coefficient (Wildman–Crippen LogP) is 2.79. The van der Waals surface area contributed by atoms with Crippen LogP contribution in [0.4, 0.5) is 0 Å². The zero-order chi connectivity index (χ0) is 20.1. The van der Waals surface area contributed by atoms with E-state index < -0.39 is 0 Å². The van der Waals surface area contributed by atoms with Crippen molar-refractivity contribution in [3.8, 4) is 16.9 Å². The molecule has 1 aliphatic heterocycles. The second-order valence-corrected chi connectivity index (χ2v) is 8.54. The summed E-state index contributed by atoms with van der Waals surface area (Å²) in [4.78, 5) is 11.6. The minimum atomic E-state index is -0.0512. The van der Waals surface area contributed by atoms with Crippen molar-refractivity contribution in [1.29, 1.82) is 0 Å². The third kappa shape index (κ3) is 3.18. The van der Waals surface area contributed by atoms with Crippen LogP contribution in [0.5, 0.6) is 5.75 Å². The molecule has 2 fully saturated rings. The normalized spacial score (nSPS) is 20.7. The van der Waals surface area contributed by atoms with Crippen LogP contribution in [0.2, 0.25) is 0 Å². The van der Waals surface area contributed by atoms with E-state index in [1.807, 2.05) is 17.9 Å². The zero-order valence-corrected chi connectivity index (χ0v) is 17.2. The van der Waals surface area contributed by atoms with E-state index in [1.165, 1.54) is 19.3 Å². The molecular formula is C22H28N5O2+. The Kier molecular flexibility index (Phi) is 4.33. The van der Waals surface area contributed by atoms with Crippen LogP contribution in [-0.2, 0) is 11.8 Å². The van der Waals surface area contributed by atoms with Crippen LogP contribution in [0, 0.1) is 12.8 Å². The van der Waals surface area contributed by atoms with Gasteiger partial charge in [-0.3, -0.25) is 9.48 Å². The molecule has 3 aromatic rings. The molecule has 7 nitrogen and oxygen atoms in total. The van der Waals surface area contributed by atoms with Gasteiger partial charge in [-0.25, -0.2) is 0 Å². The summed E-state index contributed by atoms with van der Waals surface area (Å²) in [6.45, 7) is 4.82. The number of ether oxygens (including phenoxy) is 1. The van der Waals surface area contributed by atoms with Crippen LogP contribution in [0.1, 0.15) is 44.3 Å². The van der Waals surface area contributed by atoms with E-state index in [2.05, 4.69) is 52.4 Å².